The van der Waals surface area contributed by atoms with Crippen molar-refractivity contribution in [3.63, 3.8) is 0 Å². The highest BCUT2D eigenvalue weighted by Crippen LogP contribution is 2.24. The Morgan fingerprint density at radius 2 is 2.00 bits per heavy atom. The minimum Gasteiger partial charge on any atom is -0.481 e. The summed E-state index contributed by atoms with van der Waals surface area (Å²) in [6, 6.07) is 7.83. The first-order valence-corrected chi connectivity index (χ1v) is 5.74. The Kier molecular flexibility index (Phi) is 3.67. The molecule has 0 aliphatic carbocycles. The third-order valence-electron chi connectivity index (χ3n) is 2.83. The van der Waals surface area contributed by atoms with Crippen LogP contribution in [-0.4, -0.2) is 21.0 Å². The van der Waals surface area contributed by atoms with Crippen molar-refractivity contribution < 1.29 is 9.90 Å². The molecular weight excluding hydrogens is 228 g/mol. The number of aliphatic carboxylic acids is 1. The van der Waals surface area contributed by atoms with Crippen LogP contribution in [0.1, 0.15) is 24.8 Å². The number of benzene rings is 1. The van der Waals surface area contributed by atoms with E-state index < -0.39 is 5.97 Å². The molecular formula is C14H14N2O2. The first-order chi connectivity index (χ1) is 8.66. The fourth-order valence-corrected chi connectivity index (χ4v) is 1.85. The number of rotatable bonds is 4. The van der Waals surface area contributed by atoms with Crippen molar-refractivity contribution in [2.24, 2.45) is 0 Å². The van der Waals surface area contributed by atoms with E-state index in [0.717, 1.165) is 16.7 Å². The molecule has 92 valence electrons. The van der Waals surface area contributed by atoms with Gasteiger partial charge in [-0.05, 0) is 17.0 Å². The molecule has 0 saturated heterocycles. The van der Waals surface area contributed by atoms with Crippen molar-refractivity contribution >= 4 is 5.97 Å². The maximum Gasteiger partial charge on any atom is 0.303 e. The van der Waals surface area contributed by atoms with Gasteiger partial charge in [-0.15, -0.1) is 0 Å². The highest BCUT2D eigenvalue weighted by atomic mass is 16.4. The van der Waals surface area contributed by atoms with Gasteiger partial charge in [-0.2, -0.15) is 0 Å². The van der Waals surface area contributed by atoms with E-state index in [9.17, 15) is 4.79 Å². The Morgan fingerprint density at radius 1 is 1.28 bits per heavy atom. The van der Waals surface area contributed by atoms with E-state index in [4.69, 9.17) is 5.11 Å². The lowest BCUT2D eigenvalue weighted by Crippen LogP contribution is -2.02. The molecule has 4 heteroatoms. The molecule has 1 atom stereocenters. The van der Waals surface area contributed by atoms with Gasteiger partial charge >= 0.3 is 5.97 Å². The molecule has 0 radical (unpaired) electrons. The smallest absolute Gasteiger partial charge is 0.303 e. The summed E-state index contributed by atoms with van der Waals surface area (Å²) in [6.07, 6.45) is 5.11. The summed E-state index contributed by atoms with van der Waals surface area (Å²) >= 11 is 0. The molecule has 0 saturated carbocycles. The molecule has 0 bridgehead atoms. The van der Waals surface area contributed by atoms with Gasteiger partial charge < -0.3 is 5.11 Å². The highest BCUT2D eigenvalue weighted by Gasteiger charge is 2.10. The maximum atomic E-state index is 10.7. The molecule has 0 amide bonds. The topological polar surface area (TPSA) is 63.1 Å². The minimum absolute atomic E-state index is 0.00733. The Hall–Kier alpha value is -2.23. The lowest BCUT2D eigenvalue weighted by Gasteiger charge is -2.10. The van der Waals surface area contributed by atoms with Crippen molar-refractivity contribution in [3.8, 4) is 11.1 Å². The fourth-order valence-electron chi connectivity index (χ4n) is 1.85. The summed E-state index contributed by atoms with van der Waals surface area (Å²) in [5, 5.41) is 8.81. The van der Waals surface area contributed by atoms with Gasteiger partial charge in [0.05, 0.1) is 6.42 Å². The Bertz CT molecular complexity index is 541. The quantitative estimate of drug-likeness (QED) is 0.895. The SMILES string of the molecule is CC(CC(=O)O)c1cccc(-c2cncnc2)c1. The third kappa shape index (κ3) is 2.91. The van der Waals surface area contributed by atoms with Crippen LogP contribution in [0.5, 0.6) is 0 Å². The first kappa shape index (κ1) is 12.2. The van der Waals surface area contributed by atoms with E-state index in [0.29, 0.717) is 0 Å². The van der Waals surface area contributed by atoms with Gasteiger partial charge in [-0.3, -0.25) is 4.79 Å². The van der Waals surface area contributed by atoms with Crippen molar-refractivity contribution in [3.05, 3.63) is 48.5 Å². The number of carboxylic acids is 1. The molecule has 4 nitrogen and oxygen atoms in total. The van der Waals surface area contributed by atoms with Crippen molar-refractivity contribution in [2.75, 3.05) is 0 Å². The molecule has 1 heterocycles. The predicted molar refractivity (Wildman–Crippen MR) is 68.1 cm³/mol. The summed E-state index contributed by atoms with van der Waals surface area (Å²) in [5.74, 6) is -0.789. The zero-order valence-electron chi connectivity index (χ0n) is 10.1. The highest BCUT2D eigenvalue weighted by molar-refractivity contribution is 5.68. The molecule has 2 rings (SSSR count). The fraction of sp³-hybridized carbons (Fsp3) is 0.214. The van der Waals surface area contributed by atoms with Crippen LogP contribution in [0.15, 0.2) is 43.0 Å². The van der Waals surface area contributed by atoms with Crippen LogP contribution < -0.4 is 0 Å². The number of hydrogen-bond acceptors (Lipinski definition) is 3. The molecule has 1 N–H and O–H groups in total. The lowest BCUT2D eigenvalue weighted by molar-refractivity contribution is -0.137. The monoisotopic (exact) mass is 242 g/mol. The van der Waals surface area contributed by atoms with Crippen molar-refractivity contribution in [2.45, 2.75) is 19.3 Å². The predicted octanol–water partition coefficient (Wildman–Crippen LogP) is 2.72. The molecule has 1 aromatic carbocycles. The van der Waals surface area contributed by atoms with E-state index in [1.165, 1.54) is 6.33 Å². The minimum atomic E-state index is -0.782. The van der Waals surface area contributed by atoms with Gasteiger partial charge in [-0.1, -0.05) is 31.2 Å². The van der Waals surface area contributed by atoms with Gasteiger partial charge in [-0.25, -0.2) is 9.97 Å². The van der Waals surface area contributed by atoms with Crippen LogP contribution >= 0.6 is 0 Å². The normalized spacial score (nSPS) is 12.1. The van der Waals surface area contributed by atoms with Crippen molar-refractivity contribution in [1.82, 2.24) is 9.97 Å². The molecule has 2 aromatic rings. The van der Waals surface area contributed by atoms with Gasteiger partial charge in [0.25, 0.3) is 0 Å². The summed E-state index contributed by atoms with van der Waals surface area (Å²) in [4.78, 5) is 18.7. The van der Waals surface area contributed by atoms with Crippen LogP contribution in [-0.2, 0) is 4.79 Å². The van der Waals surface area contributed by atoms with Gasteiger partial charge in [0.15, 0.2) is 0 Å². The van der Waals surface area contributed by atoms with Crippen molar-refractivity contribution in [1.29, 1.82) is 0 Å². The Balaban J connectivity index is 2.28. The average molecular weight is 242 g/mol. The Morgan fingerprint density at radius 3 is 2.67 bits per heavy atom. The van der Waals surface area contributed by atoms with Gasteiger partial charge in [0.1, 0.15) is 6.33 Å². The molecule has 0 spiro atoms. The number of hydrogen-bond donors (Lipinski definition) is 1. The number of nitrogens with zero attached hydrogens (tertiary/aromatic N) is 2. The van der Waals surface area contributed by atoms with E-state index in [1.807, 2.05) is 31.2 Å². The summed E-state index contributed by atoms with van der Waals surface area (Å²) in [5.41, 5.74) is 2.95. The Labute approximate surface area is 105 Å². The number of carboxylic acid groups (broad SMARTS) is 1. The van der Waals surface area contributed by atoms with Crippen LogP contribution in [0.2, 0.25) is 0 Å². The summed E-state index contributed by atoms with van der Waals surface area (Å²) in [6.45, 7) is 1.91. The molecule has 18 heavy (non-hydrogen) atoms. The van der Waals surface area contributed by atoms with Crippen LogP contribution in [0.3, 0.4) is 0 Å². The molecule has 1 unspecified atom stereocenters. The second-order valence-electron chi connectivity index (χ2n) is 4.25. The van der Waals surface area contributed by atoms with E-state index in [-0.39, 0.29) is 12.3 Å². The zero-order valence-corrected chi connectivity index (χ0v) is 10.1. The first-order valence-electron chi connectivity index (χ1n) is 5.74. The maximum absolute atomic E-state index is 10.7. The van der Waals surface area contributed by atoms with E-state index in [1.54, 1.807) is 12.4 Å². The van der Waals surface area contributed by atoms with Crippen LogP contribution in [0.25, 0.3) is 11.1 Å². The summed E-state index contributed by atoms with van der Waals surface area (Å²) < 4.78 is 0. The number of carbonyl (C=O) groups is 1. The largest absolute Gasteiger partial charge is 0.481 e. The molecule has 1 aromatic heterocycles. The van der Waals surface area contributed by atoms with E-state index in [2.05, 4.69) is 9.97 Å². The van der Waals surface area contributed by atoms with Crippen LogP contribution in [0, 0.1) is 0 Å². The molecule has 0 fully saturated rings. The molecule has 0 aliphatic rings. The lowest BCUT2D eigenvalue weighted by atomic mass is 9.95. The van der Waals surface area contributed by atoms with E-state index >= 15 is 0 Å². The molecule has 0 aliphatic heterocycles. The standard InChI is InChI=1S/C14H14N2O2/c1-10(5-14(17)18)11-3-2-4-12(6-11)13-7-15-9-16-8-13/h2-4,6-10H,5H2,1H3,(H,17,18). The zero-order chi connectivity index (χ0) is 13.0. The van der Waals surface area contributed by atoms with Gasteiger partial charge in [0, 0.05) is 18.0 Å². The number of aromatic nitrogens is 2. The summed E-state index contributed by atoms with van der Waals surface area (Å²) in [7, 11) is 0. The van der Waals surface area contributed by atoms with Crippen LogP contribution in [0.4, 0.5) is 0 Å². The second kappa shape index (κ2) is 5.40. The second-order valence-corrected chi connectivity index (χ2v) is 4.25. The van der Waals surface area contributed by atoms with Gasteiger partial charge in [0.2, 0.25) is 0 Å². The third-order valence-corrected chi connectivity index (χ3v) is 2.83. The average Bonchev–Trinajstić information content (AvgIpc) is 2.39.